The fourth-order valence-corrected chi connectivity index (χ4v) is 2.62. The molecule has 0 saturated carbocycles. The molecule has 0 spiro atoms. The average molecular weight is 159 g/mol. The fourth-order valence-electron chi connectivity index (χ4n) is 1.45. The maximum Gasteiger partial charge on any atom is 0.0184 e. The van der Waals surface area contributed by atoms with Gasteiger partial charge in [-0.05, 0) is 25.1 Å². The molecule has 0 aromatic heterocycles. The summed E-state index contributed by atoms with van der Waals surface area (Å²) >= 11 is 2.10. The van der Waals surface area contributed by atoms with E-state index in [4.69, 9.17) is 0 Å². The number of thioether (sulfide) groups is 1. The number of rotatable bonds is 2. The first-order valence-electron chi connectivity index (χ1n) is 4.19. The van der Waals surface area contributed by atoms with Gasteiger partial charge in [-0.25, -0.2) is 0 Å². The van der Waals surface area contributed by atoms with Crippen molar-refractivity contribution in [1.82, 2.24) is 5.32 Å². The lowest BCUT2D eigenvalue weighted by Crippen LogP contribution is -2.38. The molecule has 1 N–H and O–H groups in total. The Labute approximate surface area is 68.0 Å². The van der Waals surface area contributed by atoms with Crippen LogP contribution in [0, 0.1) is 0 Å². The van der Waals surface area contributed by atoms with Gasteiger partial charge in [-0.1, -0.05) is 13.8 Å². The smallest absolute Gasteiger partial charge is 0.0184 e. The molecule has 1 aliphatic heterocycles. The molecule has 2 atom stereocenters. The Kier molecular flexibility index (Phi) is 3.57. The van der Waals surface area contributed by atoms with Crippen LogP contribution < -0.4 is 5.32 Å². The lowest BCUT2D eigenvalue weighted by Gasteiger charge is -2.28. The Morgan fingerprint density at radius 3 is 3.00 bits per heavy atom. The van der Waals surface area contributed by atoms with Gasteiger partial charge in [-0.15, -0.1) is 0 Å². The summed E-state index contributed by atoms with van der Waals surface area (Å²) in [7, 11) is 0. The molecule has 0 radical (unpaired) electrons. The molecule has 2 heteroatoms. The van der Waals surface area contributed by atoms with Gasteiger partial charge in [0.05, 0.1) is 0 Å². The van der Waals surface area contributed by atoms with Gasteiger partial charge in [0, 0.05) is 11.3 Å². The van der Waals surface area contributed by atoms with Crippen molar-refractivity contribution < 1.29 is 0 Å². The minimum Gasteiger partial charge on any atom is -0.313 e. The third-order valence-corrected chi connectivity index (χ3v) is 3.45. The molecule has 1 rings (SSSR count). The standard InChI is InChI=1S/C8H17NS/c1-3-9-8-5-4-6-10-7(8)2/h7-9H,3-6H2,1-2H3. The second-order valence-corrected chi connectivity index (χ2v) is 4.37. The summed E-state index contributed by atoms with van der Waals surface area (Å²) in [5, 5.41) is 4.34. The predicted octanol–water partition coefficient (Wildman–Crippen LogP) is 1.88. The van der Waals surface area contributed by atoms with E-state index in [1.165, 1.54) is 18.6 Å². The Balaban J connectivity index is 2.25. The van der Waals surface area contributed by atoms with E-state index in [0.29, 0.717) is 0 Å². The zero-order valence-corrected chi connectivity index (χ0v) is 7.71. The average Bonchev–Trinajstić information content (AvgIpc) is 1.94. The normalized spacial score (nSPS) is 34.2. The molecule has 1 saturated heterocycles. The van der Waals surface area contributed by atoms with Crippen LogP contribution in [0.25, 0.3) is 0 Å². The maximum absolute atomic E-state index is 3.51. The molecule has 0 bridgehead atoms. The third kappa shape index (κ3) is 2.17. The van der Waals surface area contributed by atoms with Crippen LogP contribution in [0.1, 0.15) is 26.7 Å². The minimum atomic E-state index is 0.781. The zero-order chi connectivity index (χ0) is 7.40. The highest BCUT2D eigenvalue weighted by atomic mass is 32.2. The fraction of sp³-hybridized carbons (Fsp3) is 1.00. The highest BCUT2D eigenvalue weighted by Gasteiger charge is 2.19. The van der Waals surface area contributed by atoms with Gasteiger partial charge in [0.15, 0.2) is 0 Å². The van der Waals surface area contributed by atoms with Gasteiger partial charge in [0.2, 0.25) is 0 Å². The number of hydrogen-bond acceptors (Lipinski definition) is 2. The molecule has 0 aromatic rings. The molecule has 0 aromatic carbocycles. The summed E-state index contributed by atoms with van der Waals surface area (Å²) in [6, 6.07) is 0.781. The second kappa shape index (κ2) is 4.24. The van der Waals surface area contributed by atoms with Crippen molar-refractivity contribution in [3.8, 4) is 0 Å². The lowest BCUT2D eigenvalue weighted by atomic mass is 10.1. The summed E-state index contributed by atoms with van der Waals surface area (Å²) in [5.74, 6) is 1.36. The van der Waals surface area contributed by atoms with E-state index in [1.54, 1.807) is 0 Å². The molecule has 0 aliphatic carbocycles. The molecular weight excluding hydrogens is 142 g/mol. The van der Waals surface area contributed by atoms with Gasteiger partial charge in [0.25, 0.3) is 0 Å². The molecule has 1 heterocycles. The van der Waals surface area contributed by atoms with E-state index in [1.807, 2.05) is 0 Å². The quantitative estimate of drug-likeness (QED) is 0.660. The Bertz CT molecular complexity index is 93.3. The molecule has 0 amide bonds. The van der Waals surface area contributed by atoms with Gasteiger partial charge >= 0.3 is 0 Å². The number of nitrogens with one attached hydrogen (secondary N) is 1. The van der Waals surface area contributed by atoms with E-state index in [0.717, 1.165) is 17.8 Å². The van der Waals surface area contributed by atoms with Crippen LogP contribution in [-0.4, -0.2) is 23.6 Å². The van der Waals surface area contributed by atoms with Crippen molar-refractivity contribution in [2.45, 2.75) is 38.0 Å². The van der Waals surface area contributed by atoms with Crippen LogP contribution in [0.3, 0.4) is 0 Å². The molecular formula is C8H17NS. The summed E-state index contributed by atoms with van der Waals surface area (Å²) in [5.41, 5.74) is 0. The summed E-state index contributed by atoms with van der Waals surface area (Å²) in [6.07, 6.45) is 2.77. The lowest BCUT2D eigenvalue weighted by molar-refractivity contribution is 0.475. The largest absolute Gasteiger partial charge is 0.313 e. The van der Waals surface area contributed by atoms with Crippen LogP contribution in [0.4, 0.5) is 0 Å². The second-order valence-electron chi connectivity index (χ2n) is 2.88. The summed E-state index contributed by atoms with van der Waals surface area (Å²) in [4.78, 5) is 0. The van der Waals surface area contributed by atoms with Gasteiger partial charge in [0.1, 0.15) is 0 Å². The highest BCUT2D eigenvalue weighted by molar-refractivity contribution is 7.99. The van der Waals surface area contributed by atoms with Crippen molar-refractivity contribution in [2.24, 2.45) is 0 Å². The van der Waals surface area contributed by atoms with Crippen LogP contribution in [0.5, 0.6) is 0 Å². The van der Waals surface area contributed by atoms with Gasteiger partial charge in [-0.3, -0.25) is 0 Å². The van der Waals surface area contributed by atoms with Crippen LogP contribution in [0.2, 0.25) is 0 Å². The first kappa shape index (κ1) is 8.41. The van der Waals surface area contributed by atoms with Crippen LogP contribution in [-0.2, 0) is 0 Å². The Morgan fingerprint density at radius 2 is 2.40 bits per heavy atom. The summed E-state index contributed by atoms with van der Waals surface area (Å²) < 4.78 is 0. The van der Waals surface area contributed by atoms with E-state index in [2.05, 4.69) is 30.9 Å². The molecule has 10 heavy (non-hydrogen) atoms. The Morgan fingerprint density at radius 1 is 1.60 bits per heavy atom. The topological polar surface area (TPSA) is 12.0 Å². The number of hydrogen-bond donors (Lipinski definition) is 1. The molecule has 2 unspecified atom stereocenters. The van der Waals surface area contributed by atoms with Crippen molar-refractivity contribution in [3.05, 3.63) is 0 Å². The SMILES string of the molecule is CCNC1CCCSC1C. The van der Waals surface area contributed by atoms with Crippen molar-refractivity contribution in [1.29, 1.82) is 0 Å². The van der Waals surface area contributed by atoms with E-state index in [-0.39, 0.29) is 0 Å². The minimum absolute atomic E-state index is 0.781. The van der Waals surface area contributed by atoms with Crippen LogP contribution in [0.15, 0.2) is 0 Å². The highest BCUT2D eigenvalue weighted by Crippen LogP contribution is 2.24. The first-order valence-corrected chi connectivity index (χ1v) is 5.24. The van der Waals surface area contributed by atoms with Crippen molar-refractivity contribution in [2.75, 3.05) is 12.3 Å². The van der Waals surface area contributed by atoms with Gasteiger partial charge in [-0.2, -0.15) is 11.8 Å². The molecule has 60 valence electrons. The molecule has 1 fully saturated rings. The first-order chi connectivity index (χ1) is 4.84. The molecule has 1 aliphatic rings. The zero-order valence-electron chi connectivity index (χ0n) is 6.89. The monoisotopic (exact) mass is 159 g/mol. The maximum atomic E-state index is 3.51. The van der Waals surface area contributed by atoms with Crippen molar-refractivity contribution >= 4 is 11.8 Å². The molecule has 1 nitrogen and oxygen atoms in total. The van der Waals surface area contributed by atoms with Crippen molar-refractivity contribution in [3.63, 3.8) is 0 Å². The third-order valence-electron chi connectivity index (χ3n) is 2.07. The van der Waals surface area contributed by atoms with Crippen LogP contribution >= 0.6 is 11.8 Å². The van der Waals surface area contributed by atoms with Gasteiger partial charge < -0.3 is 5.32 Å². The van der Waals surface area contributed by atoms with E-state index >= 15 is 0 Å². The summed E-state index contributed by atoms with van der Waals surface area (Å²) in [6.45, 7) is 5.64. The van der Waals surface area contributed by atoms with E-state index in [9.17, 15) is 0 Å². The van der Waals surface area contributed by atoms with E-state index < -0.39 is 0 Å². The Hall–Kier alpha value is 0.310. The predicted molar refractivity (Wildman–Crippen MR) is 48.6 cm³/mol.